The average Bonchev–Trinajstić information content (AvgIpc) is 2.90. The molecule has 1 aromatic carbocycles. The summed E-state index contributed by atoms with van der Waals surface area (Å²) in [6.45, 7) is 6.99. The Kier molecular flexibility index (Phi) is 5.36. The molecule has 0 aromatic heterocycles. The third kappa shape index (κ3) is 4.31. The molecule has 1 heterocycles. The van der Waals surface area contributed by atoms with E-state index >= 15 is 0 Å². The molecule has 124 valence electrons. The predicted molar refractivity (Wildman–Crippen MR) is 89.2 cm³/mol. The van der Waals surface area contributed by atoms with E-state index in [4.69, 9.17) is 0 Å². The number of nitrogens with zero attached hydrogens (tertiary/aromatic N) is 1. The molecule has 6 nitrogen and oxygen atoms in total. The first kappa shape index (κ1) is 17.0. The molecule has 0 atom stereocenters. The topological polar surface area (TPSA) is 78.5 Å². The summed E-state index contributed by atoms with van der Waals surface area (Å²) >= 11 is 0. The van der Waals surface area contributed by atoms with Crippen LogP contribution < -0.4 is 15.5 Å². The van der Waals surface area contributed by atoms with E-state index < -0.39 is 11.8 Å². The maximum absolute atomic E-state index is 11.8. The lowest BCUT2D eigenvalue weighted by Gasteiger charge is -2.19. The highest BCUT2D eigenvalue weighted by molar-refractivity contribution is 6.39. The lowest BCUT2D eigenvalue weighted by molar-refractivity contribution is -0.136. The Balaban J connectivity index is 2.01. The van der Waals surface area contributed by atoms with Crippen molar-refractivity contribution in [2.75, 3.05) is 23.3 Å². The summed E-state index contributed by atoms with van der Waals surface area (Å²) in [4.78, 5) is 37.1. The highest BCUT2D eigenvalue weighted by atomic mass is 16.2. The molecule has 0 bridgehead atoms. The summed E-state index contributed by atoms with van der Waals surface area (Å²) in [5.41, 5.74) is 2.29. The number of carbonyl (C=O) groups is 3. The van der Waals surface area contributed by atoms with Crippen molar-refractivity contribution in [1.82, 2.24) is 5.32 Å². The maximum atomic E-state index is 11.8. The molecule has 0 saturated carbocycles. The maximum Gasteiger partial charge on any atom is 0.313 e. The number of aryl methyl sites for hydroxylation is 1. The third-order valence-electron chi connectivity index (χ3n) is 3.70. The molecule has 1 saturated heterocycles. The van der Waals surface area contributed by atoms with Gasteiger partial charge in [0.1, 0.15) is 0 Å². The summed E-state index contributed by atoms with van der Waals surface area (Å²) in [6, 6.07) is 5.29. The van der Waals surface area contributed by atoms with Gasteiger partial charge in [-0.3, -0.25) is 14.4 Å². The number of benzene rings is 1. The molecule has 1 aliphatic rings. The monoisotopic (exact) mass is 317 g/mol. The molecule has 23 heavy (non-hydrogen) atoms. The van der Waals surface area contributed by atoms with Crippen molar-refractivity contribution in [1.29, 1.82) is 0 Å². The van der Waals surface area contributed by atoms with Gasteiger partial charge in [-0.15, -0.1) is 0 Å². The fraction of sp³-hybridized carbons (Fsp3) is 0.471. The van der Waals surface area contributed by atoms with Crippen LogP contribution in [0.2, 0.25) is 0 Å². The zero-order valence-corrected chi connectivity index (χ0v) is 13.8. The van der Waals surface area contributed by atoms with Gasteiger partial charge >= 0.3 is 11.8 Å². The van der Waals surface area contributed by atoms with Crippen LogP contribution in [-0.2, 0) is 14.4 Å². The minimum Gasteiger partial charge on any atom is -0.348 e. The quantitative estimate of drug-likeness (QED) is 0.832. The molecular formula is C17H23N3O3. The van der Waals surface area contributed by atoms with E-state index in [-0.39, 0.29) is 11.8 Å². The number of hydrogen-bond acceptors (Lipinski definition) is 3. The summed E-state index contributed by atoms with van der Waals surface area (Å²) in [7, 11) is 0. The number of amides is 3. The molecule has 0 radical (unpaired) electrons. The minimum atomic E-state index is -0.685. The van der Waals surface area contributed by atoms with Gasteiger partial charge < -0.3 is 15.5 Å². The first-order chi connectivity index (χ1) is 10.9. The first-order valence-electron chi connectivity index (χ1n) is 7.88. The van der Waals surface area contributed by atoms with E-state index in [1.807, 2.05) is 20.8 Å². The summed E-state index contributed by atoms with van der Waals surface area (Å²) < 4.78 is 0. The Morgan fingerprint density at radius 3 is 2.57 bits per heavy atom. The van der Waals surface area contributed by atoms with Crippen molar-refractivity contribution in [2.24, 2.45) is 5.92 Å². The van der Waals surface area contributed by atoms with E-state index in [1.165, 1.54) is 0 Å². The molecule has 1 aromatic rings. The fourth-order valence-corrected chi connectivity index (χ4v) is 2.50. The van der Waals surface area contributed by atoms with Crippen LogP contribution >= 0.6 is 0 Å². The predicted octanol–water partition coefficient (Wildman–Crippen LogP) is 1.83. The van der Waals surface area contributed by atoms with E-state index in [1.54, 1.807) is 23.1 Å². The average molecular weight is 317 g/mol. The second-order valence-electron chi connectivity index (χ2n) is 6.21. The van der Waals surface area contributed by atoms with Gasteiger partial charge in [0.25, 0.3) is 0 Å². The van der Waals surface area contributed by atoms with Gasteiger partial charge in [-0.05, 0) is 43.0 Å². The Hall–Kier alpha value is -2.37. The Labute approximate surface area is 136 Å². The lowest BCUT2D eigenvalue weighted by Crippen LogP contribution is -2.37. The number of anilines is 2. The van der Waals surface area contributed by atoms with Gasteiger partial charge in [-0.1, -0.05) is 13.8 Å². The Morgan fingerprint density at radius 2 is 2.00 bits per heavy atom. The van der Waals surface area contributed by atoms with Crippen molar-refractivity contribution in [3.8, 4) is 0 Å². The van der Waals surface area contributed by atoms with Gasteiger partial charge in [0.2, 0.25) is 5.91 Å². The second kappa shape index (κ2) is 7.26. The third-order valence-corrected chi connectivity index (χ3v) is 3.70. The summed E-state index contributed by atoms with van der Waals surface area (Å²) in [5.74, 6) is -0.922. The van der Waals surface area contributed by atoms with Gasteiger partial charge in [0.05, 0.1) is 0 Å². The molecule has 0 spiro atoms. The first-order valence-corrected chi connectivity index (χ1v) is 7.88. The van der Waals surface area contributed by atoms with Crippen LogP contribution in [0, 0.1) is 12.8 Å². The molecule has 1 fully saturated rings. The van der Waals surface area contributed by atoms with Gasteiger partial charge in [0.15, 0.2) is 0 Å². The molecule has 2 N–H and O–H groups in total. The number of carbonyl (C=O) groups excluding carboxylic acids is 3. The van der Waals surface area contributed by atoms with E-state index in [0.29, 0.717) is 18.7 Å². The molecular weight excluding hydrogens is 294 g/mol. The Bertz CT molecular complexity index is 626. The molecule has 6 heteroatoms. The SMILES string of the molecule is Cc1cc(NC(=O)C(=O)NCC(C)C)ccc1N1CCCC1=O. The molecule has 1 aliphatic heterocycles. The van der Waals surface area contributed by atoms with Gasteiger partial charge in [0, 0.05) is 30.9 Å². The largest absolute Gasteiger partial charge is 0.348 e. The van der Waals surface area contributed by atoms with Crippen molar-refractivity contribution >= 4 is 29.1 Å². The van der Waals surface area contributed by atoms with Crippen LogP contribution in [-0.4, -0.2) is 30.8 Å². The molecule has 2 rings (SSSR count). The van der Waals surface area contributed by atoms with E-state index in [9.17, 15) is 14.4 Å². The molecule has 0 aliphatic carbocycles. The van der Waals surface area contributed by atoms with Gasteiger partial charge in [-0.2, -0.15) is 0 Å². The number of rotatable bonds is 4. The second-order valence-corrected chi connectivity index (χ2v) is 6.21. The van der Waals surface area contributed by atoms with Crippen molar-refractivity contribution in [2.45, 2.75) is 33.6 Å². The highest BCUT2D eigenvalue weighted by Gasteiger charge is 2.23. The van der Waals surface area contributed by atoms with Crippen LogP contribution in [0.5, 0.6) is 0 Å². The van der Waals surface area contributed by atoms with Crippen LogP contribution in [0.15, 0.2) is 18.2 Å². The van der Waals surface area contributed by atoms with Crippen molar-refractivity contribution in [3.05, 3.63) is 23.8 Å². The minimum absolute atomic E-state index is 0.123. The van der Waals surface area contributed by atoms with Crippen LogP contribution in [0.25, 0.3) is 0 Å². The fourth-order valence-electron chi connectivity index (χ4n) is 2.50. The van der Waals surface area contributed by atoms with Crippen LogP contribution in [0.4, 0.5) is 11.4 Å². The number of hydrogen-bond donors (Lipinski definition) is 2. The number of nitrogens with one attached hydrogen (secondary N) is 2. The lowest BCUT2D eigenvalue weighted by atomic mass is 10.1. The van der Waals surface area contributed by atoms with Crippen molar-refractivity contribution in [3.63, 3.8) is 0 Å². The normalized spacial score (nSPS) is 14.3. The summed E-state index contributed by atoms with van der Waals surface area (Å²) in [6.07, 6.45) is 1.45. The standard InChI is InChI=1S/C17H23N3O3/c1-11(2)10-18-16(22)17(23)19-13-6-7-14(12(3)9-13)20-8-4-5-15(20)21/h6-7,9,11H,4-5,8,10H2,1-3H3,(H,18,22)(H,19,23). The van der Waals surface area contributed by atoms with E-state index in [0.717, 1.165) is 24.2 Å². The zero-order valence-electron chi connectivity index (χ0n) is 13.8. The van der Waals surface area contributed by atoms with Crippen molar-refractivity contribution < 1.29 is 14.4 Å². The van der Waals surface area contributed by atoms with Crippen LogP contribution in [0.3, 0.4) is 0 Å². The summed E-state index contributed by atoms with van der Waals surface area (Å²) in [5, 5.41) is 5.16. The molecule has 3 amide bonds. The smallest absolute Gasteiger partial charge is 0.313 e. The molecule has 0 unspecified atom stereocenters. The highest BCUT2D eigenvalue weighted by Crippen LogP contribution is 2.27. The zero-order chi connectivity index (χ0) is 17.0. The van der Waals surface area contributed by atoms with Crippen LogP contribution in [0.1, 0.15) is 32.3 Å². The Morgan fingerprint density at radius 1 is 1.26 bits per heavy atom. The van der Waals surface area contributed by atoms with Gasteiger partial charge in [-0.25, -0.2) is 0 Å². The van der Waals surface area contributed by atoms with E-state index in [2.05, 4.69) is 10.6 Å².